The van der Waals surface area contributed by atoms with E-state index < -0.39 is 11.7 Å². The summed E-state index contributed by atoms with van der Waals surface area (Å²) in [5.74, 6) is -0.803. The Morgan fingerprint density at radius 2 is 1.30 bits per heavy atom. The average Bonchev–Trinajstić information content (AvgIpc) is 3.02. The van der Waals surface area contributed by atoms with Crippen LogP contribution in [0.3, 0.4) is 0 Å². The van der Waals surface area contributed by atoms with Gasteiger partial charge in [-0.1, -0.05) is 43.9 Å². The van der Waals surface area contributed by atoms with Gasteiger partial charge in [-0.3, -0.25) is 14.4 Å². The fraction of sp³-hybridized carbons (Fsp3) is 0.542. The summed E-state index contributed by atoms with van der Waals surface area (Å²) >= 11 is 0. The minimum absolute atomic E-state index is 0.0792. The summed E-state index contributed by atoms with van der Waals surface area (Å²) in [7, 11) is 0. The van der Waals surface area contributed by atoms with E-state index in [0.29, 0.717) is 18.7 Å². The van der Waals surface area contributed by atoms with Gasteiger partial charge in [0.05, 0.1) is 5.56 Å². The summed E-state index contributed by atoms with van der Waals surface area (Å²) in [5, 5.41) is 0.745. The standard InChI is InChI=1S/C24H31N3O3/c28-22(25-13-7-1-2-8-14-25)18-27-17-20(19-11-5-6-12-21(19)27)23(29)24(30)26-15-9-3-4-10-16-26/h5-6,11-12,17H,1-4,7-10,13-16,18H2. The molecule has 2 saturated heterocycles. The van der Waals surface area contributed by atoms with Gasteiger partial charge in [0, 0.05) is 43.3 Å². The van der Waals surface area contributed by atoms with Gasteiger partial charge in [-0.2, -0.15) is 0 Å². The van der Waals surface area contributed by atoms with Gasteiger partial charge in [-0.15, -0.1) is 0 Å². The minimum Gasteiger partial charge on any atom is -0.341 e. The zero-order valence-corrected chi connectivity index (χ0v) is 17.6. The van der Waals surface area contributed by atoms with Crippen LogP contribution in [-0.4, -0.2) is 58.1 Å². The molecule has 0 atom stereocenters. The van der Waals surface area contributed by atoms with E-state index in [2.05, 4.69) is 0 Å². The molecule has 2 fully saturated rings. The maximum Gasteiger partial charge on any atom is 0.295 e. The van der Waals surface area contributed by atoms with Crippen LogP contribution in [0.25, 0.3) is 10.9 Å². The van der Waals surface area contributed by atoms with Gasteiger partial charge in [0.15, 0.2) is 0 Å². The summed E-state index contributed by atoms with van der Waals surface area (Å²) < 4.78 is 1.84. The number of likely N-dealkylation sites (tertiary alicyclic amines) is 2. The monoisotopic (exact) mass is 409 g/mol. The second kappa shape index (κ2) is 9.45. The Morgan fingerprint density at radius 1 is 0.733 bits per heavy atom. The van der Waals surface area contributed by atoms with Crippen LogP contribution in [0, 0.1) is 0 Å². The molecule has 1 aromatic heterocycles. The molecule has 0 spiro atoms. The summed E-state index contributed by atoms with van der Waals surface area (Å²) in [6, 6.07) is 7.56. The Hall–Kier alpha value is -2.63. The molecule has 0 saturated carbocycles. The maximum atomic E-state index is 13.1. The number of carbonyl (C=O) groups excluding carboxylic acids is 3. The average molecular weight is 410 g/mol. The third kappa shape index (κ3) is 4.42. The molecule has 3 heterocycles. The Morgan fingerprint density at radius 3 is 1.93 bits per heavy atom. The van der Waals surface area contributed by atoms with Crippen molar-refractivity contribution in [1.82, 2.24) is 14.4 Å². The molecule has 2 aromatic rings. The molecule has 0 radical (unpaired) electrons. The zero-order chi connectivity index (χ0) is 20.9. The van der Waals surface area contributed by atoms with Gasteiger partial charge in [-0.05, 0) is 31.7 Å². The fourth-order valence-corrected chi connectivity index (χ4v) is 4.66. The highest BCUT2D eigenvalue weighted by Gasteiger charge is 2.27. The minimum atomic E-state index is -0.464. The first kappa shape index (κ1) is 20.6. The first-order valence-electron chi connectivity index (χ1n) is 11.3. The molecule has 4 rings (SSSR count). The Labute approximate surface area is 177 Å². The predicted octanol–water partition coefficient (Wildman–Crippen LogP) is 3.63. The van der Waals surface area contributed by atoms with Crippen molar-refractivity contribution in [3.8, 4) is 0 Å². The number of aromatic nitrogens is 1. The van der Waals surface area contributed by atoms with E-state index in [0.717, 1.165) is 62.5 Å². The molecule has 160 valence electrons. The quantitative estimate of drug-likeness (QED) is 0.572. The number of Topliss-reactive ketones (excluding diaryl/α,β-unsaturated/α-hetero) is 1. The van der Waals surface area contributed by atoms with E-state index in [1.165, 1.54) is 12.8 Å². The summed E-state index contributed by atoms with van der Waals surface area (Å²) in [6.07, 6.45) is 10.3. The second-order valence-electron chi connectivity index (χ2n) is 8.52. The van der Waals surface area contributed by atoms with Crippen molar-refractivity contribution >= 4 is 28.5 Å². The lowest BCUT2D eigenvalue weighted by atomic mass is 10.1. The normalized spacial score (nSPS) is 18.1. The van der Waals surface area contributed by atoms with Crippen molar-refractivity contribution in [3.63, 3.8) is 0 Å². The van der Waals surface area contributed by atoms with E-state index >= 15 is 0 Å². The third-order valence-corrected chi connectivity index (χ3v) is 6.39. The number of para-hydroxylation sites is 1. The number of ketones is 1. The van der Waals surface area contributed by atoms with Crippen molar-refractivity contribution in [2.45, 2.75) is 57.9 Å². The van der Waals surface area contributed by atoms with Gasteiger partial charge in [-0.25, -0.2) is 0 Å². The number of rotatable bonds is 4. The number of hydrogen-bond donors (Lipinski definition) is 0. The number of carbonyl (C=O) groups is 3. The largest absolute Gasteiger partial charge is 0.341 e. The fourth-order valence-electron chi connectivity index (χ4n) is 4.66. The van der Waals surface area contributed by atoms with Crippen molar-refractivity contribution in [1.29, 1.82) is 0 Å². The van der Waals surface area contributed by atoms with Crippen molar-refractivity contribution < 1.29 is 14.4 Å². The summed E-state index contributed by atoms with van der Waals surface area (Å²) in [4.78, 5) is 42.6. The van der Waals surface area contributed by atoms with Crippen LogP contribution in [0.2, 0.25) is 0 Å². The second-order valence-corrected chi connectivity index (χ2v) is 8.52. The van der Waals surface area contributed by atoms with E-state index in [1.807, 2.05) is 33.7 Å². The molecule has 0 bridgehead atoms. The van der Waals surface area contributed by atoms with Crippen molar-refractivity contribution in [2.24, 2.45) is 0 Å². The van der Waals surface area contributed by atoms with E-state index in [9.17, 15) is 14.4 Å². The molecule has 2 aliphatic heterocycles. The highest BCUT2D eigenvalue weighted by atomic mass is 16.2. The number of amides is 2. The molecule has 0 aliphatic carbocycles. The topological polar surface area (TPSA) is 62.6 Å². The summed E-state index contributed by atoms with van der Waals surface area (Å²) in [6.45, 7) is 3.10. The zero-order valence-electron chi connectivity index (χ0n) is 17.6. The lowest BCUT2D eigenvalue weighted by molar-refractivity contribution is -0.131. The van der Waals surface area contributed by atoms with Crippen LogP contribution in [0.5, 0.6) is 0 Å². The van der Waals surface area contributed by atoms with Gasteiger partial charge in [0.2, 0.25) is 5.91 Å². The number of hydrogen-bond acceptors (Lipinski definition) is 3. The van der Waals surface area contributed by atoms with Crippen LogP contribution in [0.15, 0.2) is 30.5 Å². The van der Waals surface area contributed by atoms with Crippen molar-refractivity contribution in [2.75, 3.05) is 26.2 Å². The molecule has 0 N–H and O–H groups in total. The molecule has 6 heteroatoms. The molecule has 30 heavy (non-hydrogen) atoms. The Balaban J connectivity index is 1.57. The Kier molecular flexibility index (Phi) is 6.50. The SMILES string of the molecule is O=C(C(=O)N1CCCCCC1)c1cn(CC(=O)N2CCCCCC2)c2ccccc12. The lowest BCUT2D eigenvalue weighted by Gasteiger charge is -2.20. The molecule has 2 aliphatic rings. The smallest absolute Gasteiger partial charge is 0.295 e. The van der Waals surface area contributed by atoms with Crippen LogP contribution >= 0.6 is 0 Å². The van der Waals surface area contributed by atoms with Crippen LogP contribution in [0.4, 0.5) is 0 Å². The van der Waals surface area contributed by atoms with Gasteiger partial charge < -0.3 is 14.4 Å². The van der Waals surface area contributed by atoms with Crippen LogP contribution < -0.4 is 0 Å². The Bertz CT molecular complexity index is 917. The van der Waals surface area contributed by atoms with Gasteiger partial charge in [0.25, 0.3) is 11.7 Å². The predicted molar refractivity (Wildman–Crippen MR) is 116 cm³/mol. The first-order valence-corrected chi connectivity index (χ1v) is 11.3. The molecular weight excluding hydrogens is 378 g/mol. The third-order valence-electron chi connectivity index (χ3n) is 6.39. The lowest BCUT2D eigenvalue weighted by Crippen LogP contribution is -2.37. The molecular formula is C24H31N3O3. The van der Waals surface area contributed by atoms with Gasteiger partial charge >= 0.3 is 0 Å². The van der Waals surface area contributed by atoms with Gasteiger partial charge in [0.1, 0.15) is 6.54 Å². The van der Waals surface area contributed by atoms with E-state index in [1.54, 1.807) is 11.1 Å². The van der Waals surface area contributed by atoms with Crippen molar-refractivity contribution in [3.05, 3.63) is 36.0 Å². The van der Waals surface area contributed by atoms with Crippen LogP contribution in [-0.2, 0) is 16.1 Å². The maximum absolute atomic E-state index is 13.1. The molecule has 0 unspecified atom stereocenters. The van der Waals surface area contributed by atoms with E-state index in [-0.39, 0.29) is 12.5 Å². The highest BCUT2D eigenvalue weighted by Crippen LogP contribution is 2.23. The van der Waals surface area contributed by atoms with E-state index in [4.69, 9.17) is 0 Å². The molecule has 1 aromatic carbocycles. The molecule has 2 amide bonds. The summed E-state index contributed by atoms with van der Waals surface area (Å²) in [5.41, 5.74) is 1.23. The van der Waals surface area contributed by atoms with Crippen LogP contribution in [0.1, 0.15) is 61.7 Å². The molecule has 6 nitrogen and oxygen atoms in total. The number of benzene rings is 1. The number of fused-ring (bicyclic) bond motifs is 1. The number of nitrogens with zero attached hydrogens (tertiary/aromatic N) is 3. The first-order chi connectivity index (χ1) is 14.6. The highest BCUT2D eigenvalue weighted by molar-refractivity contribution is 6.44.